The molecule has 9 nitrogen and oxygen atoms in total. The topological polar surface area (TPSA) is 107 Å². The van der Waals surface area contributed by atoms with Gasteiger partial charge in [-0.2, -0.15) is 18.2 Å². The van der Waals surface area contributed by atoms with Crippen LogP contribution in [0.25, 0.3) is 0 Å². The van der Waals surface area contributed by atoms with Crippen molar-refractivity contribution in [3.05, 3.63) is 18.1 Å². The van der Waals surface area contributed by atoms with Crippen molar-refractivity contribution >= 4 is 24.0 Å². The maximum atomic E-state index is 13.2. The predicted octanol–water partition coefficient (Wildman–Crippen LogP) is 1.84. The highest BCUT2D eigenvalue weighted by Crippen LogP contribution is 2.34. The number of esters is 1. The Kier molecular flexibility index (Phi) is 9.08. The number of halogens is 3. The highest BCUT2D eigenvalue weighted by Gasteiger charge is 2.46. The summed E-state index contributed by atoms with van der Waals surface area (Å²) in [6.45, 7) is 4.61. The van der Waals surface area contributed by atoms with Crippen LogP contribution >= 0.6 is 0 Å². The van der Waals surface area contributed by atoms with Crippen molar-refractivity contribution < 1.29 is 37.0 Å². The van der Waals surface area contributed by atoms with Crippen LogP contribution < -0.4 is 9.80 Å². The van der Waals surface area contributed by atoms with Crippen molar-refractivity contribution in [1.82, 2.24) is 19.8 Å². The highest BCUT2D eigenvalue weighted by atomic mass is 19.4. The van der Waals surface area contributed by atoms with Gasteiger partial charge in [0.15, 0.2) is 0 Å². The molecule has 1 aliphatic heterocycles. The number of ether oxygens (including phenoxy) is 2. The van der Waals surface area contributed by atoms with E-state index in [1.807, 2.05) is 0 Å². The predicted molar refractivity (Wildman–Crippen MR) is 107 cm³/mol. The molecule has 1 aromatic rings. The van der Waals surface area contributed by atoms with E-state index in [-0.39, 0.29) is 48.9 Å². The Labute approximate surface area is 183 Å². The first-order valence-corrected chi connectivity index (χ1v) is 10.4. The summed E-state index contributed by atoms with van der Waals surface area (Å²) in [6, 6.07) is 1.37. The fourth-order valence-corrected chi connectivity index (χ4v) is 3.77. The average Bonchev–Trinajstić information content (AvgIpc) is 2.76. The molecule has 1 atom stereocenters. The van der Waals surface area contributed by atoms with Crippen molar-refractivity contribution in [2.75, 3.05) is 32.8 Å². The number of hydrogen-bond donors (Lipinski definition) is 1. The van der Waals surface area contributed by atoms with Crippen molar-refractivity contribution in [3.63, 3.8) is 0 Å². The molecule has 0 aliphatic carbocycles. The number of likely N-dealkylation sites (tertiary alicyclic amines) is 1. The minimum absolute atomic E-state index is 0.0187. The van der Waals surface area contributed by atoms with Gasteiger partial charge in [-0.15, -0.1) is 0 Å². The second-order valence-corrected chi connectivity index (χ2v) is 7.43. The molecule has 1 amide bonds. The van der Waals surface area contributed by atoms with Crippen LogP contribution in [0.2, 0.25) is 0 Å². The summed E-state index contributed by atoms with van der Waals surface area (Å²) in [4.78, 5) is 42.1. The molecule has 32 heavy (non-hydrogen) atoms. The van der Waals surface area contributed by atoms with E-state index in [1.54, 1.807) is 13.8 Å². The lowest BCUT2D eigenvalue weighted by Gasteiger charge is -2.44. The molecule has 1 unspecified atom stereocenters. The quantitative estimate of drug-likeness (QED) is 0.245. The highest BCUT2D eigenvalue weighted by molar-refractivity contribution is 5.94. The van der Waals surface area contributed by atoms with Gasteiger partial charge in [-0.1, -0.05) is 0 Å². The van der Waals surface area contributed by atoms with Crippen LogP contribution in [0.4, 0.5) is 19.0 Å². The second-order valence-electron chi connectivity index (χ2n) is 7.43. The molecule has 0 bridgehead atoms. The van der Waals surface area contributed by atoms with Gasteiger partial charge >= 0.3 is 12.1 Å². The zero-order chi connectivity index (χ0) is 23.8. The number of piperidine rings is 1. The van der Waals surface area contributed by atoms with Gasteiger partial charge in [0.25, 0.3) is 6.23 Å². The van der Waals surface area contributed by atoms with E-state index in [1.165, 1.54) is 6.07 Å². The van der Waals surface area contributed by atoms with Gasteiger partial charge in [-0.05, 0) is 19.8 Å². The fraction of sp³-hybridized carbons (Fsp3) is 0.650. The van der Waals surface area contributed by atoms with E-state index in [4.69, 9.17) is 9.47 Å². The van der Waals surface area contributed by atoms with Crippen molar-refractivity contribution in [1.29, 1.82) is 0 Å². The molecule has 178 valence electrons. The number of hydrogen-bond acceptors (Lipinski definition) is 7. The van der Waals surface area contributed by atoms with E-state index in [0.717, 1.165) is 6.20 Å². The minimum atomic E-state index is -4.72. The van der Waals surface area contributed by atoms with Gasteiger partial charge in [0.05, 0.1) is 26.3 Å². The minimum Gasteiger partial charge on any atom is -0.466 e. The van der Waals surface area contributed by atoms with Crippen molar-refractivity contribution in [2.24, 2.45) is 5.92 Å². The number of carbonyl (C=O) groups excluding carboxylic acids is 3. The van der Waals surface area contributed by atoms with Crippen molar-refractivity contribution in [3.8, 4) is 0 Å². The summed E-state index contributed by atoms with van der Waals surface area (Å²) in [6.07, 6.45) is -3.50. The summed E-state index contributed by atoms with van der Waals surface area (Å²) < 4.78 is 49.6. The second kappa shape index (κ2) is 11.3. The maximum Gasteiger partial charge on any atom is 0.451 e. The zero-order valence-corrected chi connectivity index (χ0v) is 18.1. The number of amides is 1. The molecular formula is C20H28F3N4O5+. The van der Waals surface area contributed by atoms with Crippen LogP contribution in [0.15, 0.2) is 12.3 Å². The summed E-state index contributed by atoms with van der Waals surface area (Å²) >= 11 is 0. The SMILES string of the molecule is CCOC(=O)CC(=O)NCC1CC[N+](c2ccnc(C(F)(F)F)n2)(C(C=O)OCC)CC1. The van der Waals surface area contributed by atoms with E-state index >= 15 is 0 Å². The molecule has 0 aromatic carbocycles. The molecule has 0 spiro atoms. The lowest BCUT2D eigenvalue weighted by atomic mass is 9.94. The monoisotopic (exact) mass is 461 g/mol. The summed E-state index contributed by atoms with van der Waals surface area (Å²) in [5, 5.41) is 2.68. The molecular weight excluding hydrogens is 433 g/mol. The Morgan fingerprint density at radius 1 is 1.28 bits per heavy atom. The van der Waals surface area contributed by atoms with Gasteiger partial charge in [0.1, 0.15) is 6.42 Å². The van der Waals surface area contributed by atoms with E-state index in [2.05, 4.69) is 15.3 Å². The van der Waals surface area contributed by atoms with E-state index < -0.39 is 30.1 Å². The first-order chi connectivity index (χ1) is 15.2. The molecule has 0 radical (unpaired) electrons. The number of rotatable bonds is 10. The zero-order valence-electron chi connectivity index (χ0n) is 18.1. The Morgan fingerprint density at radius 2 is 1.97 bits per heavy atom. The number of alkyl halides is 3. The standard InChI is InChI=1S/C20H27F3N4O5/c1-3-31-17(13-28)27(15-5-8-24-19(26-15)20(21,22)23)9-6-14(7-10-27)12-25-16(29)11-18(30)32-4-2/h5,8,13-14,17H,3-4,6-7,9-12H2,1-2H3/p+1. The number of nitrogens with zero attached hydrogens (tertiary/aromatic N) is 3. The summed E-state index contributed by atoms with van der Waals surface area (Å²) in [7, 11) is 0. The molecule has 1 aromatic heterocycles. The smallest absolute Gasteiger partial charge is 0.451 e. The lowest BCUT2D eigenvalue weighted by molar-refractivity contribution is -0.146. The maximum absolute atomic E-state index is 13.2. The third-order valence-electron chi connectivity index (χ3n) is 5.36. The van der Waals surface area contributed by atoms with E-state index in [9.17, 15) is 27.6 Å². The van der Waals surface area contributed by atoms with Gasteiger partial charge in [-0.25, -0.2) is 9.47 Å². The van der Waals surface area contributed by atoms with Gasteiger partial charge in [0, 0.05) is 31.6 Å². The van der Waals surface area contributed by atoms with Crippen LogP contribution in [0.1, 0.15) is 38.9 Å². The van der Waals surface area contributed by atoms with E-state index in [0.29, 0.717) is 25.7 Å². The molecule has 1 aliphatic rings. The third-order valence-corrected chi connectivity index (χ3v) is 5.36. The fourth-order valence-electron chi connectivity index (χ4n) is 3.77. The number of aromatic nitrogens is 2. The molecule has 1 saturated heterocycles. The molecule has 1 fully saturated rings. The Morgan fingerprint density at radius 3 is 2.53 bits per heavy atom. The van der Waals surface area contributed by atoms with Gasteiger partial charge in [0.2, 0.25) is 23.8 Å². The normalized spacial score (nSPS) is 22.1. The van der Waals surface area contributed by atoms with Crippen LogP contribution in [-0.2, 0) is 30.0 Å². The molecule has 1 N–H and O–H groups in total. The van der Waals surface area contributed by atoms with Crippen LogP contribution in [-0.4, -0.2) is 67.2 Å². The number of quaternary nitrogens is 1. The van der Waals surface area contributed by atoms with Crippen LogP contribution in [0.5, 0.6) is 0 Å². The Hall–Kier alpha value is -2.60. The first kappa shape index (κ1) is 25.7. The molecule has 2 heterocycles. The first-order valence-electron chi connectivity index (χ1n) is 10.4. The Bertz CT molecular complexity index is 798. The lowest BCUT2D eigenvalue weighted by Crippen LogP contribution is -2.63. The number of nitrogens with one attached hydrogen (secondary N) is 1. The largest absolute Gasteiger partial charge is 0.466 e. The Balaban J connectivity index is 2.14. The summed E-state index contributed by atoms with van der Waals surface area (Å²) in [5.74, 6) is -2.27. The third kappa shape index (κ3) is 6.45. The molecule has 0 saturated carbocycles. The van der Waals surface area contributed by atoms with Gasteiger partial charge in [-0.3, -0.25) is 14.4 Å². The average molecular weight is 461 g/mol. The van der Waals surface area contributed by atoms with Gasteiger partial charge < -0.3 is 14.8 Å². The number of aldehydes is 1. The molecule has 2 rings (SSSR count). The van der Waals surface area contributed by atoms with Crippen LogP contribution in [0, 0.1) is 5.92 Å². The summed E-state index contributed by atoms with van der Waals surface area (Å²) in [5.41, 5.74) is 0. The van der Waals surface area contributed by atoms with Crippen LogP contribution in [0.3, 0.4) is 0 Å². The molecule has 12 heteroatoms. The van der Waals surface area contributed by atoms with Crippen molar-refractivity contribution in [2.45, 2.75) is 45.5 Å². The number of carbonyl (C=O) groups is 3.